The average molecular weight is 449 g/mol. The molecule has 2 aliphatic carbocycles. The van der Waals surface area contributed by atoms with Gasteiger partial charge in [0.05, 0.1) is 0 Å². The molecule has 1 fully saturated rings. The van der Waals surface area contributed by atoms with Crippen molar-refractivity contribution < 1.29 is 45.1 Å². The first-order chi connectivity index (χ1) is 11.4. The third-order valence-electron chi connectivity index (χ3n) is 6.37. The Morgan fingerprint density at radius 1 is 0.640 bits per heavy atom. The van der Waals surface area contributed by atoms with Gasteiger partial charge in [0.15, 0.2) is 0 Å². The van der Waals surface area contributed by atoms with Crippen LogP contribution in [0.5, 0.6) is 0 Å². The summed E-state index contributed by atoms with van der Waals surface area (Å²) in [5.74, 6) is 0. The Hall–Kier alpha value is -0.617. The van der Waals surface area contributed by atoms with Crippen molar-refractivity contribution in [3.8, 4) is 0 Å². The van der Waals surface area contributed by atoms with Gasteiger partial charge in [0, 0.05) is 0 Å². The third kappa shape index (κ3) is 2.93. The second-order valence-corrected chi connectivity index (χ2v) is 18.9. The first-order valence-corrected chi connectivity index (χ1v) is 15.2. The second-order valence-electron chi connectivity index (χ2n) is 7.37. The van der Waals surface area contributed by atoms with E-state index in [1.807, 2.05) is 0 Å². The Morgan fingerprint density at radius 2 is 1.08 bits per heavy atom. The molecule has 0 bridgehead atoms. The van der Waals surface area contributed by atoms with Crippen molar-refractivity contribution in [1.82, 2.24) is 0 Å². The monoisotopic (exact) mass is 446 g/mol. The molecule has 0 saturated carbocycles. The molecule has 128 valence electrons. The van der Waals surface area contributed by atoms with Crippen LogP contribution < -0.4 is 24.8 Å². The smallest absolute Gasteiger partial charge is 1.00 e. The number of rotatable bonds is 2. The van der Waals surface area contributed by atoms with Crippen LogP contribution in [0, 0.1) is 0 Å². The molecule has 0 nitrogen and oxygen atoms in total. The zero-order chi connectivity index (χ0) is 15.3. The minimum absolute atomic E-state index is 0. The van der Waals surface area contributed by atoms with Gasteiger partial charge in [-0.3, -0.25) is 0 Å². The summed E-state index contributed by atoms with van der Waals surface area (Å²) in [5.41, 5.74) is 6.25. The number of fused-ring (bicyclic) bond motifs is 2. The normalized spacial score (nSPS) is 23.0. The quantitative estimate of drug-likeness (QED) is 0.621. The summed E-state index contributed by atoms with van der Waals surface area (Å²) in [6.07, 6.45) is 12.9. The van der Waals surface area contributed by atoms with Crippen molar-refractivity contribution in [2.45, 2.75) is 28.4 Å². The third-order valence-corrected chi connectivity index (χ3v) is 21.3. The van der Waals surface area contributed by atoms with E-state index in [1.165, 1.54) is 24.0 Å². The Bertz CT molecular complexity index is 755. The second kappa shape index (κ2) is 7.55. The van der Waals surface area contributed by atoms with Crippen molar-refractivity contribution >= 4 is 12.2 Å². The fraction of sp³-hybridized carbons (Fsp3) is 0.273. The molecule has 0 amide bonds. The Kier molecular flexibility index (Phi) is 5.79. The predicted octanol–water partition coefficient (Wildman–Crippen LogP) is 0.315. The summed E-state index contributed by atoms with van der Waals surface area (Å²) in [7, 11) is 0. The van der Waals surface area contributed by atoms with Crippen LogP contribution in [0.15, 0.2) is 60.7 Å². The molecule has 2 aromatic carbocycles. The Balaban J connectivity index is 0.000000911. The van der Waals surface area contributed by atoms with Crippen LogP contribution in [0.1, 0.15) is 42.3 Å². The van der Waals surface area contributed by atoms with Gasteiger partial charge in [-0.05, 0) is 0 Å². The van der Waals surface area contributed by atoms with Crippen LogP contribution in [-0.2, 0) is 20.3 Å². The maximum Gasteiger partial charge on any atom is -1.00 e. The van der Waals surface area contributed by atoms with E-state index < -0.39 is 20.3 Å². The Morgan fingerprint density at radius 3 is 1.56 bits per heavy atom. The molecule has 2 atom stereocenters. The van der Waals surface area contributed by atoms with Gasteiger partial charge in [-0.15, -0.1) is 0 Å². The minimum atomic E-state index is -2.37. The fourth-order valence-corrected chi connectivity index (χ4v) is 21.1. The van der Waals surface area contributed by atoms with Gasteiger partial charge in [-0.25, -0.2) is 0 Å². The topological polar surface area (TPSA) is 0 Å². The molecular formula is C22H22Cl2Zr. The molecule has 0 aromatic heterocycles. The summed E-state index contributed by atoms with van der Waals surface area (Å²) < 4.78 is 4.68. The molecule has 1 heterocycles. The number of hydrogen-bond donors (Lipinski definition) is 0. The van der Waals surface area contributed by atoms with E-state index in [9.17, 15) is 0 Å². The first kappa shape index (κ1) is 19.2. The zero-order valence-corrected chi connectivity index (χ0v) is 18.1. The molecule has 0 spiro atoms. The van der Waals surface area contributed by atoms with Gasteiger partial charge in [0.2, 0.25) is 0 Å². The standard InChI is InChI=1S/2C9H7.C4H8.2ClH.Zr/c2*1-2-5-9-7-3-6-8(9)4-1;1-3-4-2;;;/h2*1-7H;1-4H2;2*1H;/q;;;;;+2/p-2. The number of allylic oxidation sites excluding steroid dienone is 2. The van der Waals surface area contributed by atoms with Crippen LogP contribution in [0.4, 0.5) is 0 Å². The summed E-state index contributed by atoms with van der Waals surface area (Å²) in [5, 5.41) is 0. The van der Waals surface area contributed by atoms with Crippen LogP contribution in [0.3, 0.4) is 0 Å². The predicted molar refractivity (Wildman–Crippen MR) is 95.3 cm³/mol. The molecule has 25 heavy (non-hydrogen) atoms. The van der Waals surface area contributed by atoms with E-state index in [-0.39, 0.29) is 24.8 Å². The Labute approximate surface area is 167 Å². The van der Waals surface area contributed by atoms with Crippen molar-refractivity contribution in [1.29, 1.82) is 0 Å². The molecule has 5 rings (SSSR count). The van der Waals surface area contributed by atoms with Crippen LogP contribution >= 0.6 is 0 Å². The van der Waals surface area contributed by atoms with E-state index in [0.29, 0.717) is 0 Å². The maximum atomic E-state index is 2.58. The molecule has 0 N–H and O–H groups in total. The van der Waals surface area contributed by atoms with Crippen LogP contribution in [-0.4, -0.2) is 0 Å². The van der Waals surface area contributed by atoms with Gasteiger partial charge in [0.25, 0.3) is 0 Å². The largest absolute Gasteiger partial charge is 1.00 e. The van der Waals surface area contributed by atoms with E-state index in [1.54, 1.807) is 19.4 Å². The van der Waals surface area contributed by atoms with Gasteiger partial charge in [-0.1, -0.05) is 0 Å². The summed E-state index contributed by atoms with van der Waals surface area (Å²) in [4.78, 5) is 0. The van der Waals surface area contributed by atoms with Crippen LogP contribution in [0.25, 0.3) is 12.2 Å². The molecule has 1 saturated heterocycles. The summed E-state index contributed by atoms with van der Waals surface area (Å²) in [6, 6.07) is 18.3. The maximum absolute atomic E-state index is 2.58. The average Bonchev–Trinajstić information content (AvgIpc) is 3.32. The van der Waals surface area contributed by atoms with Crippen molar-refractivity contribution in [2.75, 3.05) is 0 Å². The van der Waals surface area contributed by atoms with E-state index >= 15 is 0 Å². The summed E-state index contributed by atoms with van der Waals surface area (Å²) in [6.45, 7) is 0. The molecule has 2 aromatic rings. The number of benzene rings is 2. The molecule has 0 unspecified atom stereocenters. The first-order valence-electron chi connectivity index (χ1n) is 8.93. The number of halogens is 2. The van der Waals surface area contributed by atoms with Crippen molar-refractivity contribution in [2.24, 2.45) is 0 Å². The van der Waals surface area contributed by atoms with Gasteiger partial charge >= 0.3 is 144 Å². The van der Waals surface area contributed by atoms with Gasteiger partial charge < -0.3 is 24.8 Å². The van der Waals surface area contributed by atoms with Crippen molar-refractivity contribution in [3.63, 3.8) is 0 Å². The van der Waals surface area contributed by atoms with E-state index in [2.05, 4.69) is 72.8 Å². The molecular weight excluding hydrogens is 426 g/mol. The molecule has 1 aliphatic heterocycles. The minimum Gasteiger partial charge on any atom is -1.00 e. The molecule has 3 aliphatic rings. The van der Waals surface area contributed by atoms with E-state index in [4.69, 9.17) is 0 Å². The number of hydrogen-bond acceptors (Lipinski definition) is 0. The van der Waals surface area contributed by atoms with Crippen LogP contribution in [0.2, 0.25) is 8.26 Å². The molecule has 3 heteroatoms. The van der Waals surface area contributed by atoms with Gasteiger partial charge in [0.1, 0.15) is 0 Å². The SMILES string of the molecule is C1=C[C@@H]([Zr+2]2([C@H]3C=Cc4ccccc43)[CH2]CC[CH2]2)c2ccccc21.[Cl-].[Cl-]. The van der Waals surface area contributed by atoms with E-state index in [0.717, 1.165) is 7.25 Å². The summed E-state index contributed by atoms with van der Waals surface area (Å²) >= 11 is -2.37. The zero-order valence-electron chi connectivity index (χ0n) is 14.2. The van der Waals surface area contributed by atoms with Gasteiger partial charge in [-0.2, -0.15) is 0 Å². The molecule has 0 radical (unpaired) electrons. The van der Waals surface area contributed by atoms with Crippen molar-refractivity contribution in [3.05, 3.63) is 82.9 Å². The fourth-order valence-electron chi connectivity index (χ4n) is 5.35.